The molecule has 0 unspecified atom stereocenters. The molecule has 1 aromatic heterocycles. The highest BCUT2D eigenvalue weighted by atomic mass is 79.9. The van der Waals surface area contributed by atoms with E-state index in [-0.39, 0.29) is 10.2 Å². The second-order valence-corrected chi connectivity index (χ2v) is 5.69. The van der Waals surface area contributed by atoms with Gasteiger partial charge in [0.05, 0.1) is 4.47 Å². The molecule has 19 heavy (non-hydrogen) atoms. The molecule has 0 fully saturated rings. The minimum Gasteiger partial charge on any atom is -0.488 e. The molecule has 1 heterocycles. The number of hydrogen-bond donors (Lipinski definition) is 1. The quantitative estimate of drug-likeness (QED) is 0.798. The molecule has 0 spiro atoms. The first-order valence-electron chi connectivity index (χ1n) is 5.67. The molecular formula is C13H12BrF2NOS. The number of ether oxygens (including phenoxy) is 1. The van der Waals surface area contributed by atoms with Crippen molar-refractivity contribution in [3.05, 3.63) is 50.6 Å². The lowest BCUT2D eigenvalue weighted by Crippen LogP contribution is -2.20. The fourth-order valence-corrected chi connectivity index (χ4v) is 2.71. The highest BCUT2D eigenvalue weighted by molar-refractivity contribution is 9.10. The SMILES string of the molecule is Fc1cc(F)c(OCCNCc2cccs2)c(Br)c1. The Kier molecular flexibility index (Phi) is 5.30. The van der Waals surface area contributed by atoms with E-state index < -0.39 is 11.6 Å². The summed E-state index contributed by atoms with van der Waals surface area (Å²) in [5.74, 6) is -1.29. The summed E-state index contributed by atoms with van der Waals surface area (Å²) in [5.41, 5.74) is 0. The van der Waals surface area contributed by atoms with Gasteiger partial charge in [0.1, 0.15) is 12.4 Å². The predicted molar refractivity (Wildman–Crippen MR) is 75.6 cm³/mol. The van der Waals surface area contributed by atoms with Crippen LogP contribution in [0.4, 0.5) is 8.78 Å². The first-order chi connectivity index (χ1) is 9.16. The van der Waals surface area contributed by atoms with Gasteiger partial charge >= 0.3 is 0 Å². The first-order valence-corrected chi connectivity index (χ1v) is 7.34. The van der Waals surface area contributed by atoms with Crippen molar-refractivity contribution in [1.29, 1.82) is 0 Å². The van der Waals surface area contributed by atoms with Crippen LogP contribution in [0.1, 0.15) is 4.88 Å². The van der Waals surface area contributed by atoms with Crippen LogP contribution >= 0.6 is 27.3 Å². The van der Waals surface area contributed by atoms with E-state index in [1.807, 2.05) is 17.5 Å². The molecule has 0 saturated heterocycles. The van der Waals surface area contributed by atoms with Gasteiger partial charge < -0.3 is 10.1 Å². The van der Waals surface area contributed by atoms with Gasteiger partial charge in [0.2, 0.25) is 0 Å². The molecular weight excluding hydrogens is 336 g/mol. The Labute approximate surface area is 122 Å². The zero-order chi connectivity index (χ0) is 13.7. The van der Waals surface area contributed by atoms with Crippen LogP contribution in [0.3, 0.4) is 0 Å². The zero-order valence-electron chi connectivity index (χ0n) is 9.96. The first kappa shape index (κ1) is 14.4. The van der Waals surface area contributed by atoms with E-state index >= 15 is 0 Å². The summed E-state index contributed by atoms with van der Waals surface area (Å²) in [6.07, 6.45) is 0. The van der Waals surface area contributed by atoms with Gasteiger partial charge in [0, 0.05) is 24.0 Å². The van der Waals surface area contributed by atoms with E-state index in [4.69, 9.17) is 4.74 Å². The van der Waals surface area contributed by atoms with Crippen molar-refractivity contribution in [1.82, 2.24) is 5.32 Å². The number of halogens is 3. The minimum absolute atomic E-state index is 0.0410. The van der Waals surface area contributed by atoms with Gasteiger partial charge in [0.25, 0.3) is 0 Å². The van der Waals surface area contributed by atoms with Crippen LogP contribution < -0.4 is 10.1 Å². The maximum atomic E-state index is 13.4. The van der Waals surface area contributed by atoms with Crippen molar-refractivity contribution < 1.29 is 13.5 Å². The highest BCUT2D eigenvalue weighted by Gasteiger charge is 2.10. The van der Waals surface area contributed by atoms with Crippen molar-refractivity contribution in [2.75, 3.05) is 13.2 Å². The maximum Gasteiger partial charge on any atom is 0.169 e. The second-order valence-electron chi connectivity index (χ2n) is 3.80. The van der Waals surface area contributed by atoms with Crippen molar-refractivity contribution >= 4 is 27.3 Å². The van der Waals surface area contributed by atoms with E-state index in [0.29, 0.717) is 13.2 Å². The number of rotatable bonds is 6. The summed E-state index contributed by atoms with van der Waals surface area (Å²) in [4.78, 5) is 1.23. The third-order valence-corrected chi connectivity index (χ3v) is 3.83. The topological polar surface area (TPSA) is 21.3 Å². The molecule has 0 aliphatic rings. The molecule has 0 radical (unpaired) electrons. The van der Waals surface area contributed by atoms with Crippen LogP contribution in [-0.2, 0) is 6.54 Å². The molecule has 0 saturated carbocycles. The van der Waals surface area contributed by atoms with Gasteiger partial charge in [-0.05, 0) is 33.4 Å². The number of nitrogens with one attached hydrogen (secondary N) is 1. The van der Waals surface area contributed by atoms with E-state index in [0.717, 1.165) is 12.6 Å². The number of thiophene rings is 1. The van der Waals surface area contributed by atoms with Crippen molar-refractivity contribution in [3.8, 4) is 5.75 Å². The Morgan fingerprint density at radius 1 is 1.32 bits per heavy atom. The van der Waals surface area contributed by atoms with Gasteiger partial charge in [-0.25, -0.2) is 8.78 Å². The lowest BCUT2D eigenvalue weighted by atomic mass is 10.3. The summed E-state index contributed by atoms with van der Waals surface area (Å²) in [6.45, 7) is 1.65. The van der Waals surface area contributed by atoms with Gasteiger partial charge in [0.15, 0.2) is 11.6 Å². The van der Waals surface area contributed by atoms with Crippen LogP contribution in [0.2, 0.25) is 0 Å². The molecule has 2 rings (SSSR count). The number of hydrogen-bond acceptors (Lipinski definition) is 3. The van der Waals surface area contributed by atoms with Gasteiger partial charge in [-0.3, -0.25) is 0 Å². The Morgan fingerprint density at radius 3 is 2.84 bits per heavy atom. The molecule has 6 heteroatoms. The lowest BCUT2D eigenvalue weighted by Gasteiger charge is -2.09. The molecule has 1 N–H and O–H groups in total. The Balaban J connectivity index is 1.77. The summed E-state index contributed by atoms with van der Waals surface area (Å²) in [5, 5.41) is 5.19. The van der Waals surface area contributed by atoms with Gasteiger partial charge in [-0.15, -0.1) is 11.3 Å². The van der Waals surface area contributed by atoms with Crippen LogP contribution in [0.25, 0.3) is 0 Å². The van der Waals surface area contributed by atoms with E-state index in [1.165, 1.54) is 10.9 Å². The molecule has 0 aliphatic carbocycles. The monoisotopic (exact) mass is 347 g/mol. The molecule has 0 amide bonds. The van der Waals surface area contributed by atoms with Gasteiger partial charge in [-0.2, -0.15) is 0 Å². The fraction of sp³-hybridized carbons (Fsp3) is 0.231. The van der Waals surface area contributed by atoms with Crippen LogP contribution in [0.5, 0.6) is 5.75 Å². The van der Waals surface area contributed by atoms with Crippen LogP contribution in [-0.4, -0.2) is 13.2 Å². The van der Waals surface area contributed by atoms with E-state index in [2.05, 4.69) is 21.2 Å². The van der Waals surface area contributed by atoms with Crippen molar-refractivity contribution in [3.63, 3.8) is 0 Å². The summed E-state index contributed by atoms with van der Waals surface area (Å²) < 4.78 is 31.9. The fourth-order valence-electron chi connectivity index (χ4n) is 1.52. The summed E-state index contributed by atoms with van der Waals surface area (Å²) >= 11 is 4.75. The van der Waals surface area contributed by atoms with E-state index in [9.17, 15) is 8.78 Å². The maximum absolute atomic E-state index is 13.4. The Morgan fingerprint density at radius 2 is 2.16 bits per heavy atom. The second kappa shape index (κ2) is 6.98. The van der Waals surface area contributed by atoms with Crippen molar-refractivity contribution in [2.24, 2.45) is 0 Å². The molecule has 1 aromatic carbocycles. The predicted octanol–water partition coefficient (Wildman–Crippen LogP) is 3.96. The van der Waals surface area contributed by atoms with E-state index in [1.54, 1.807) is 11.3 Å². The largest absolute Gasteiger partial charge is 0.488 e. The molecule has 0 bridgehead atoms. The molecule has 2 nitrogen and oxygen atoms in total. The highest BCUT2D eigenvalue weighted by Crippen LogP contribution is 2.29. The van der Waals surface area contributed by atoms with Crippen molar-refractivity contribution in [2.45, 2.75) is 6.54 Å². The summed E-state index contributed by atoms with van der Waals surface area (Å²) in [7, 11) is 0. The third kappa shape index (κ3) is 4.26. The molecule has 0 atom stereocenters. The molecule has 2 aromatic rings. The standard InChI is InChI=1S/C13H12BrF2NOS/c14-11-6-9(15)7-12(16)13(11)18-4-3-17-8-10-2-1-5-19-10/h1-2,5-7,17H,3-4,8H2. The summed E-state index contributed by atoms with van der Waals surface area (Å²) in [6, 6.07) is 6.01. The zero-order valence-corrected chi connectivity index (χ0v) is 12.4. The Hall–Kier alpha value is -0.980. The number of benzene rings is 1. The minimum atomic E-state index is -0.704. The smallest absolute Gasteiger partial charge is 0.169 e. The van der Waals surface area contributed by atoms with Crippen LogP contribution in [0, 0.1) is 11.6 Å². The van der Waals surface area contributed by atoms with Gasteiger partial charge in [-0.1, -0.05) is 6.07 Å². The normalized spacial score (nSPS) is 10.7. The average molecular weight is 348 g/mol. The molecule has 102 valence electrons. The van der Waals surface area contributed by atoms with Crippen LogP contribution in [0.15, 0.2) is 34.1 Å². The molecule has 0 aliphatic heterocycles. The lowest BCUT2D eigenvalue weighted by molar-refractivity contribution is 0.295. The Bertz CT molecular complexity index is 510. The average Bonchev–Trinajstić information content (AvgIpc) is 2.84. The third-order valence-electron chi connectivity index (χ3n) is 2.37.